The Labute approximate surface area is 118 Å². The van der Waals surface area contributed by atoms with Crippen LogP contribution in [-0.4, -0.2) is 13.2 Å². The molecule has 0 spiro atoms. The molecule has 0 amide bonds. The molecule has 2 N–H and O–H groups in total. The second kappa shape index (κ2) is 5.14. The van der Waals surface area contributed by atoms with E-state index in [9.17, 15) is 0 Å². The summed E-state index contributed by atoms with van der Waals surface area (Å²) in [6, 6.07) is 15.7. The minimum absolute atomic E-state index is 0.514. The maximum absolute atomic E-state index is 8.93. The lowest BCUT2D eigenvalue weighted by Crippen LogP contribution is -2.25. The lowest BCUT2D eigenvalue weighted by atomic mass is 10.1. The molecule has 0 bridgehead atoms. The van der Waals surface area contributed by atoms with Crippen molar-refractivity contribution in [2.45, 2.75) is 6.54 Å². The molecule has 3 rings (SSSR count). The van der Waals surface area contributed by atoms with Gasteiger partial charge in [0.15, 0.2) is 0 Å². The van der Waals surface area contributed by atoms with Crippen LogP contribution in [0.1, 0.15) is 11.1 Å². The smallest absolute Gasteiger partial charge is 0.124 e. The van der Waals surface area contributed by atoms with E-state index in [2.05, 4.69) is 17.0 Å². The van der Waals surface area contributed by atoms with E-state index in [0.29, 0.717) is 17.9 Å². The molecule has 100 valence electrons. The molecule has 0 aromatic heterocycles. The molecule has 0 aliphatic carbocycles. The van der Waals surface area contributed by atoms with Gasteiger partial charge in [-0.2, -0.15) is 5.26 Å². The minimum Gasteiger partial charge on any atom is -0.491 e. The van der Waals surface area contributed by atoms with Gasteiger partial charge in [-0.25, -0.2) is 0 Å². The zero-order valence-electron chi connectivity index (χ0n) is 11.0. The Morgan fingerprint density at radius 1 is 1.20 bits per heavy atom. The number of nitrogens with zero attached hydrogens (tertiary/aromatic N) is 2. The summed E-state index contributed by atoms with van der Waals surface area (Å²) in [7, 11) is 0. The second-order valence-corrected chi connectivity index (χ2v) is 4.76. The maximum Gasteiger partial charge on any atom is 0.124 e. The standard InChI is InChI=1S/C16H15N3O/c17-10-12-5-6-14(9-15(12)18)19-7-8-20-16-4-2-1-3-13(16)11-19/h1-6,9H,7-8,11,18H2. The first-order valence-electron chi connectivity index (χ1n) is 6.53. The van der Waals surface area contributed by atoms with Crippen LogP contribution in [0, 0.1) is 11.3 Å². The fraction of sp³-hybridized carbons (Fsp3) is 0.188. The van der Waals surface area contributed by atoms with Crippen LogP contribution in [0.5, 0.6) is 5.75 Å². The van der Waals surface area contributed by atoms with Crippen LogP contribution >= 0.6 is 0 Å². The Hall–Kier alpha value is -2.67. The number of ether oxygens (including phenoxy) is 1. The molecule has 0 saturated carbocycles. The zero-order chi connectivity index (χ0) is 13.9. The number of nitriles is 1. The zero-order valence-corrected chi connectivity index (χ0v) is 11.0. The minimum atomic E-state index is 0.514. The summed E-state index contributed by atoms with van der Waals surface area (Å²) >= 11 is 0. The molecule has 1 heterocycles. The highest BCUT2D eigenvalue weighted by molar-refractivity contribution is 5.64. The van der Waals surface area contributed by atoms with E-state index in [1.807, 2.05) is 30.3 Å². The molecule has 0 atom stereocenters. The average molecular weight is 265 g/mol. The molecule has 0 fully saturated rings. The molecule has 1 aliphatic heterocycles. The van der Waals surface area contributed by atoms with Crippen LogP contribution in [0.25, 0.3) is 0 Å². The SMILES string of the molecule is N#Cc1ccc(N2CCOc3ccccc3C2)cc1N. The average Bonchev–Trinajstić information content (AvgIpc) is 2.69. The van der Waals surface area contributed by atoms with E-state index in [-0.39, 0.29) is 0 Å². The van der Waals surface area contributed by atoms with Gasteiger partial charge < -0.3 is 15.4 Å². The lowest BCUT2D eigenvalue weighted by Gasteiger charge is -2.22. The van der Waals surface area contributed by atoms with Gasteiger partial charge in [0.05, 0.1) is 17.8 Å². The van der Waals surface area contributed by atoms with Crippen molar-refractivity contribution in [2.75, 3.05) is 23.8 Å². The number of nitrogens with two attached hydrogens (primary N) is 1. The third kappa shape index (κ3) is 2.26. The summed E-state index contributed by atoms with van der Waals surface area (Å²) in [5.41, 5.74) is 9.10. The first-order chi connectivity index (χ1) is 9.78. The van der Waals surface area contributed by atoms with Crippen LogP contribution in [0.15, 0.2) is 42.5 Å². The lowest BCUT2D eigenvalue weighted by molar-refractivity contribution is 0.331. The topological polar surface area (TPSA) is 62.3 Å². The van der Waals surface area contributed by atoms with Gasteiger partial charge in [-0.3, -0.25) is 0 Å². The molecule has 4 nitrogen and oxygen atoms in total. The fourth-order valence-corrected chi connectivity index (χ4v) is 2.39. The molecular weight excluding hydrogens is 250 g/mol. The van der Waals surface area contributed by atoms with E-state index >= 15 is 0 Å². The monoisotopic (exact) mass is 265 g/mol. The van der Waals surface area contributed by atoms with Crippen molar-refractivity contribution in [3.05, 3.63) is 53.6 Å². The van der Waals surface area contributed by atoms with Crippen molar-refractivity contribution < 1.29 is 4.74 Å². The third-order valence-corrected chi connectivity index (χ3v) is 3.47. The van der Waals surface area contributed by atoms with E-state index in [0.717, 1.165) is 30.1 Å². The highest BCUT2D eigenvalue weighted by atomic mass is 16.5. The molecule has 0 radical (unpaired) electrons. The first kappa shape index (κ1) is 12.4. The molecular formula is C16H15N3O. The molecule has 1 aliphatic rings. The normalized spacial score (nSPS) is 13.8. The van der Waals surface area contributed by atoms with Crippen LogP contribution in [0.4, 0.5) is 11.4 Å². The van der Waals surface area contributed by atoms with Crippen LogP contribution < -0.4 is 15.4 Å². The third-order valence-electron chi connectivity index (χ3n) is 3.47. The molecule has 0 unspecified atom stereocenters. The van der Waals surface area contributed by atoms with Gasteiger partial charge in [-0.1, -0.05) is 18.2 Å². The number of hydrogen-bond donors (Lipinski definition) is 1. The Bertz CT molecular complexity index is 676. The highest BCUT2D eigenvalue weighted by Gasteiger charge is 2.15. The van der Waals surface area contributed by atoms with Gasteiger partial charge in [-0.15, -0.1) is 0 Å². The number of anilines is 2. The first-order valence-corrected chi connectivity index (χ1v) is 6.53. The molecule has 2 aromatic rings. The fourth-order valence-electron chi connectivity index (χ4n) is 2.39. The number of para-hydroxylation sites is 1. The predicted octanol–water partition coefficient (Wildman–Crippen LogP) is 2.54. The quantitative estimate of drug-likeness (QED) is 0.805. The van der Waals surface area contributed by atoms with Gasteiger partial charge >= 0.3 is 0 Å². The summed E-state index contributed by atoms with van der Waals surface area (Å²) in [4.78, 5) is 2.21. The largest absolute Gasteiger partial charge is 0.491 e. The van der Waals surface area contributed by atoms with Crippen LogP contribution in [0.2, 0.25) is 0 Å². The second-order valence-electron chi connectivity index (χ2n) is 4.76. The van der Waals surface area contributed by atoms with E-state index < -0.39 is 0 Å². The summed E-state index contributed by atoms with van der Waals surface area (Å²) in [6.45, 7) is 2.21. The van der Waals surface area contributed by atoms with Crippen molar-refractivity contribution in [3.63, 3.8) is 0 Å². The van der Waals surface area contributed by atoms with Crippen molar-refractivity contribution in [2.24, 2.45) is 0 Å². The molecule has 0 saturated heterocycles. The highest BCUT2D eigenvalue weighted by Crippen LogP contribution is 2.27. The van der Waals surface area contributed by atoms with Gasteiger partial charge in [0.2, 0.25) is 0 Å². The van der Waals surface area contributed by atoms with Crippen molar-refractivity contribution >= 4 is 11.4 Å². The molecule has 20 heavy (non-hydrogen) atoms. The molecule has 2 aromatic carbocycles. The number of fused-ring (bicyclic) bond motifs is 1. The van der Waals surface area contributed by atoms with Crippen molar-refractivity contribution in [1.82, 2.24) is 0 Å². The number of benzene rings is 2. The van der Waals surface area contributed by atoms with Gasteiger partial charge in [0, 0.05) is 17.8 Å². The summed E-state index contributed by atoms with van der Waals surface area (Å²) in [5.74, 6) is 0.941. The van der Waals surface area contributed by atoms with Gasteiger partial charge in [-0.05, 0) is 24.3 Å². The van der Waals surface area contributed by atoms with Gasteiger partial charge in [0.25, 0.3) is 0 Å². The molecule has 4 heteroatoms. The summed E-state index contributed by atoms with van der Waals surface area (Å²) in [5, 5.41) is 8.93. The van der Waals surface area contributed by atoms with Crippen molar-refractivity contribution in [1.29, 1.82) is 5.26 Å². The number of hydrogen-bond acceptors (Lipinski definition) is 4. The summed E-state index contributed by atoms with van der Waals surface area (Å²) < 4.78 is 5.75. The Morgan fingerprint density at radius 2 is 2.05 bits per heavy atom. The van der Waals surface area contributed by atoms with E-state index in [4.69, 9.17) is 15.7 Å². The Morgan fingerprint density at radius 3 is 2.85 bits per heavy atom. The Kier molecular flexibility index (Phi) is 3.18. The summed E-state index contributed by atoms with van der Waals surface area (Å²) in [6.07, 6.45) is 0. The van der Waals surface area contributed by atoms with E-state index in [1.165, 1.54) is 0 Å². The number of nitrogen functional groups attached to an aromatic ring is 1. The van der Waals surface area contributed by atoms with Crippen LogP contribution in [-0.2, 0) is 6.54 Å². The maximum atomic E-state index is 8.93. The number of rotatable bonds is 1. The van der Waals surface area contributed by atoms with Crippen LogP contribution in [0.3, 0.4) is 0 Å². The van der Waals surface area contributed by atoms with Gasteiger partial charge in [0.1, 0.15) is 18.4 Å². The van der Waals surface area contributed by atoms with E-state index in [1.54, 1.807) is 6.07 Å². The van der Waals surface area contributed by atoms with Crippen molar-refractivity contribution in [3.8, 4) is 11.8 Å². The predicted molar refractivity (Wildman–Crippen MR) is 78.6 cm³/mol. The Balaban J connectivity index is 1.92.